The summed E-state index contributed by atoms with van der Waals surface area (Å²) in [6.45, 7) is 8.67. The Morgan fingerprint density at radius 2 is 1.94 bits per heavy atom. The van der Waals surface area contributed by atoms with E-state index in [4.69, 9.17) is 4.74 Å². The predicted molar refractivity (Wildman–Crippen MR) is 126 cm³/mol. The summed E-state index contributed by atoms with van der Waals surface area (Å²) in [5, 5.41) is 0.865. The first-order chi connectivity index (χ1) is 14.8. The number of ether oxygens (including phenoxy) is 1. The van der Waals surface area contributed by atoms with Gasteiger partial charge in [0.15, 0.2) is 0 Å². The fourth-order valence-corrected chi connectivity index (χ4v) is 3.63. The maximum atomic E-state index is 12.9. The summed E-state index contributed by atoms with van der Waals surface area (Å²) in [5.74, 6) is 0.728. The summed E-state index contributed by atoms with van der Waals surface area (Å²) in [5.41, 5.74) is 8.63. The van der Waals surface area contributed by atoms with Crippen molar-refractivity contribution >= 4 is 21.9 Å². The van der Waals surface area contributed by atoms with Crippen molar-refractivity contribution in [1.82, 2.24) is 14.6 Å². The number of aromatic nitrogens is 3. The van der Waals surface area contributed by atoms with E-state index in [0.717, 1.165) is 28.6 Å². The van der Waals surface area contributed by atoms with Gasteiger partial charge in [0.25, 0.3) is 5.56 Å². The summed E-state index contributed by atoms with van der Waals surface area (Å²) < 4.78 is 6.68. The second-order valence-corrected chi connectivity index (χ2v) is 8.92. The van der Waals surface area contributed by atoms with Crippen LogP contribution in [0.15, 0.2) is 65.4 Å². The highest BCUT2D eigenvalue weighted by Gasteiger charge is 2.13. The van der Waals surface area contributed by atoms with Gasteiger partial charge in [-0.2, -0.15) is 0 Å². The number of nitrogens with one attached hydrogen (secondary N) is 2. The van der Waals surface area contributed by atoms with E-state index in [2.05, 4.69) is 60.4 Å². The van der Waals surface area contributed by atoms with E-state index in [-0.39, 0.29) is 11.0 Å². The fraction of sp³-hybridized carbons (Fsp3) is 0.280. The minimum absolute atomic E-state index is 0.144. The molecule has 0 aliphatic carbocycles. The first-order valence-electron chi connectivity index (χ1n) is 10.3. The molecule has 4 rings (SSSR count). The first-order valence-corrected chi connectivity index (χ1v) is 10.3. The van der Waals surface area contributed by atoms with Gasteiger partial charge in [-0.15, -0.1) is 0 Å². The SMILES string of the molecule is COc1ccc2[nH]c3c(=O)n(N/C=C(\C)Cc4ccc(C(C)(C)C)cc4)cnc3c2c1. The predicted octanol–water partition coefficient (Wildman–Crippen LogP) is 4.87. The molecular formula is C25H28N4O2. The van der Waals surface area contributed by atoms with Crippen molar-refractivity contribution in [2.45, 2.75) is 39.5 Å². The van der Waals surface area contributed by atoms with E-state index >= 15 is 0 Å². The van der Waals surface area contributed by atoms with E-state index in [9.17, 15) is 4.79 Å². The largest absolute Gasteiger partial charge is 0.497 e. The highest BCUT2D eigenvalue weighted by atomic mass is 16.5. The van der Waals surface area contributed by atoms with Crippen molar-refractivity contribution in [3.8, 4) is 5.75 Å². The Morgan fingerprint density at radius 3 is 2.61 bits per heavy atom. The third-order valence-electron chi connectivity index (χ3n) is 5.47. The molecular weight excluding hydrogens is 388 g/mol. The number of benzene rings is 2. The molecule has 0 amide bonds. The molecule has 160 valence electrons. The third-order valence-corrected chi connectivity index (χ3v) is 5.47. The summed E-state index contributed by atoms with van der Waals surface area (Å²) in [6.07, 6.45) is 4.16. The first kappa shape index (κ1) is 20.7. The van der Waals surface area contributed by atoms with Gasteiger partial charge in [-0.05, 0) is 48.1 Å². The van der Waals surface area contributed by atoms with E-state index in [0.29, 0.717) is 11.0 Å². The van der Waals surface area contributed by atoms with Gasteiger partial charge in [0, 0.05) is 17.1 Å². The Balaban J connectivity index is 1.55. The zero-order valence-electron chi connectivity index (χ0n) is 18.6. The number of nitrogens with zero attached hydrogens (tertiary/aromatic N) is 2. The average molecular weight is 417 g/mol. The van der Waals surface area contributed by atoms with E-state index in [1.807, 2.05) is 31.3 Å². The standard InChI is InChI=1S/C25H28N4O2/c1-16(12-17-6-8-18(9-7-17)25(2,3)4)14-27-29-15-26-22-20-13-19(31-5)10-11-21(20)28-23(22)24(29)30/h6-11,13-15,27-28H,12H2,1-5H3/b16-14+. The summed E-state index contributed by atoms with van der Waals surface area (Å²) in [7, 11) is 1.62. The number of methoxy groups -OCH3 is 1. The molecule has 4 aromatic rings. The van der Waals surface area contributed by atoms with Crippen molar-refractivity contribution in [3.63, 3.8) is 0 Å². The fourth-order valence-electron chi connectivity index (χ4n) is 3.63. The van der Waals surface area contributed by atoms with Crippen molar-refractivity contribution in [3.05, 3.63) is 82.0 Å². The molecule has 2 aromatic heterocycles. The Labute approximate surface area is 181 Å². The maximum absolute atomic E-state index is 12.9. The molecule has 0 aliphatic rings. The van der Waals surface area contributed by atoms with Crippen molar-refractivity contribution in [1.29, 1.82) is 0 Å². The van der Waals surface area contributed by atoms with Crippen molar-refractivity contribution in [2.75, 3.05) is 12.5 Å². The lowest BCUT2D eigenvalue weighted by Gasteiger charge is -2.19. The number of allylic oxidation sites excluding steroid dienone is 1. The monoisotopic (exact) mass is 416 g/mol. The Hall–Kier alpha value is -3.54. The van der Waals surface area contributed by atoms with E-state index in [1.165, 1.54) is 22.1 Å². The lowest BCUT2D eigenvalue weighted by Crippen LogP contribution is -2.26. The van der Waals surface area contributed by atoms with Crippen LogP contribution < -0.4 is 15.7 Å². The van der Waals surface area contributed by atoms with Crippen LogP contribution in [0, 0.1) is 0 Å². The summed E-state index contributed by atoms with van der Waals surface area (Å²) in [4.78, 5) is 20.6. The van der Waals surface area contributed by atoms with Crippen LogP contribution in [-0.2, 0) is 11.8 Å². The molecule has 2 heterocycles. The van der Waals surface area contributed by atoms with Crippen LogP contribution in [0.4, 0.5) is 0 Å². The van der Waals surface area contributed by atoms with Crippen molar-refractivity contribution < 1.29 is 4.74 Å². The molecule has 6 heteroatoms. The molecule has 0 saturated carbocycles. The molecule has 0 fully saturated rings. The third kappa shape index (κ3) is 4.19. The Kier molecular flexibility index (Phi) is 5.31. The Morgan fingerprint density at radius 1 is 1.19 bits per heavy atom. The zero-order chi connectivity index (χ0) is 22.2. The van der Waals surface area contributed by atoms with Crippen molar-refractivity contribution in [2.24, 2.45) is 0 Å². The van der Waals surface area contributed by atoms with E-state index in [1.54, 1.807) is 7.11 Å². The smallest absolute Gasteiger partial charge is 0.296 e. The minimum Gasteiger partial charge on any atom is -0.497 e. The minimum atomic E-state index is -0.182. The molecule has 0 spiro atoms. The zero-order valence-corrected chi connectivity index (χ0v) is 18.6. The quantitative estimate of drug-likeness (QED) is 0.487. The number of rotatable bonds is 5. The van der Waals surface area contributed by atoms with Gasteiger partial charge in [-0.25, -0.2) is 9.66 Å². The van der Waals surface area contributed by atoms with Crippen LogP contribution in [0.1, 0.15) is 38.8 Å². The molecule has 0 atom stereocenters. The lowest BCUT2D eigenvalue weighted by molar-refractivity contribution is 0.415. The van der Waals surface area contributed by atoms with Crippen LogP contribution in [0.5, 0.6) is 5.75 Å². The number of hydrogen-bond donors (Lipinski definition) is 2. The van der Waals surface area contributed by atoms with Gasteiger partial charge < -0.3 is 9.72 Å². The Bertz CT molecular complexity index is 1320. The molecule has 0 aliphatic heterocycles. The molecule has 6 nitrogen and oxygen atoms in total. The molecule has 2 aromatic carbocycles. The topological polar surface area (TPSA) is 71.9 Å². The molecule has 0 unspecified atom stereocenters. The highest BCUT2D eigenvalue weighted by Crippen LogP contribution is 2.25. The molecule has 0 saturated heterocycles. The molecule has 31 heavy (non-hydrogen) atoms. The average Bonchev–Trinajstić information content (AvgIpc) is 3.11. The second-order valence-electron chi connectivity index (χ2n) is 8.92. The number of H-pyrrole nitrogens is 1. The van der Waals surface area contributed by atoms with Gasteiger partial charge in [-0.1, -0.05) is 50.6 Å². The summed E-state index contributed by atoms with van der Waals surface area (Å²) >= 11 is 0. The number of fused-ring (bicyclic) bond motifs is 3. The normalized spacial score (nSPS) is 12.5. The van der Waals surface area contributed by atoms with Gasteiger partial charge >= 0.3 is 0 Å². The van der Waals surface area contributed by atoms with Crippen LogP contribution in [0.2, 0.25) is 0 Å². The van der Waals surface area contributed by atoms with Crippen LogP contribution in [-0.4, -0.2) is 21.8 Å². The van der Waals surface area contributed by atoms with Crippen LogP contribution >= 0.6 is 0 Å². The molecule has 2 N–H and O–H groups in total. The highest BCUT2D eigenvalue weighted by molar-refractivity contribution is 6.04. The molecule has 0 radical (unpaired) electrons. The second kappa shape index (κ2) is 7.95. The van der Waals surface area contributed by atoms with Gasteiger partial charge in [-0.3, -0.25) is 10.2 Å². The maximum Gasteiger partial charge on any atom is 0.296 e. The number of aromatic amines is 1. The lowest BCUT2D eigenvalue weighted by atomic mass is 9.86. The van der Waals surface area contributed by atoms with Crippen LogP contribution in [0.25, 0.3) is 21.9 Å². The number of hydrogen-bond acceptors (Lipinski definition) is 4. The molecule has 0 bridgehead atoms. The van der Waals surface area contributed by atoms with Gasteiger partial charge in [0.2, 0.25) is 0 Å². The van der Waals surface area contributed by atoms with Gasteiger partial charge in [0.05, 0.1) is 7.11 Å². The van der Waals surface area contributed by atoms with Gasteiger partial charge in [0.1, 0.15) is 23.1 Å². The summed E-state index contributed by atoms with van der Waals surface area (Å²) in [6, 6.07) is 14.3. The van der Waals surface area contributed by atoms with Crippen LogP contribution in [0.3, 0.4) is 0 Å². The van der Waals surface area contributed by atoms with E-state index < -0.39 is 0 Å².